The molecule has 1 heterocycles. The van der Waals surface area contributed by atoms with Crippen molar-refractivity contribution >= 4 is 29.1 Å². The molecule has 2 aromatic rings. The van der Waals surface area contributed by atoms with Gasteiger partial charge in [-0.05, 0) is 49.1 Å². The van der Waals surface area contributed by atoms with Crippen LogP contribution in [0.4, 0.5) is 10.1 Å². The Hall–Kier alpha value is -2.14. The average molecular weight is 315 g/mol. The second kappa shape index (κ2) is 5.57. The number of hydrogen-bond acceptors (Lipinski definition) is 3. The van der Waals surface area contributed by atoms with Crippen LogP contribution in [0.1, 0.15) is 32.3 Å². The van der Waals surface area contributed by atoms with E-state index in [1.807, 2.05) is 19.2 Å². The first kappa shape index (κ1) is 14.8. The van der Waals surface area contributed by atoms with Crippen LogP contribution in [0.2, 0.25) is 0 Å². The van der Waals surface area contributed by atoms with Crippen LogP contribution in [0.5, 0.6) is 0 Å². The number of benzene rings is 2. The molecule has 0 saturated heterocycles. The van der Waals surface area contributed by atoms with Crippen molar-refractivity contribution in [3.8, 4) is 0 Å². The molecule has 1 aliphatic rings. The summed E-state index contributed by atoms with van der Waals surface area (Å²) in [6.07, 6.45) is 1.87. The molecule has 2 aromatic carbocycles. The Kier molecular flexibility index (Phi) is 3.74. The predicted octanol–water partition coefficient (Wildman–Crippen LogP) is 3.72. The van der Waals surface area contributed by atoms with Crippen LogP contribution in [0.3, 0.4) is 0 Å². The maximum atomic E-state index is 13.0. The molecule has 1 amide bonds. The third-order valence-corrected chi connectivity index (χ3v) is 4.72. The largest absolute Gasteiger partial charge is 0.324 e. The molecular weight excluding hydrogens is 301 g/mol. The van der Waals surface area contributed by atoms with E-state index in [1.54, 1.807) is 6.07 Å². The van der Waals surface area contributed by atoms with Crippen LogP contribution in [0.25, 0.3) is 0 Å². The van der Waals surface area contributed by atoms with E-state index in [1.165, 1.54) is 36.0 Å². The van der Waals surface area contributed by atoms with Crippen molar-refractivity contribution in [3.05, 3.63) is 64.5 Å². The number of carbonyl (C=O) groups excluding carboxylic acids is 2. The average Bonchev–Trinajstić information content (AvgIpc) is 2.85. The highest BCUT2D eigenvalue weighted by Gasteiger charge is 2.34. The molecule has 1 N–H and O–H groups in total. The van der Waals surface area contributed by atoms with Crippen molar-refractivity contribution in [2.75, 3.05) is 11.6 Å². The molecule has 1 aliphatic heterocycles. The van der Waals surface area contributed by atoms with E-state index in [9.17, 15) is 14.0 Å². The fourth-order valence-electron chi connectivity index (χ4n) is 2.69. The van der Waals surface area contributed by atoms with E-state index < -0.39 is 0 Å². The summed E-state index contributed by atoms with van der Waals surface area (Å²) in [5.41, 5.74) is 3.26. The number of aryl methyl sites for hydroxylation is 1. The van der Waals surface area contributed by atoms with Gasteiger partial charge < -0.3 is 5.32 Å². The molecule has 0 spiro atoms. The molecule has 0 aromatic heterocycles. The van der Waals surface area contributed by atoms with E-state index >= 15 is 0 Å². The number of amides is 1. The highest BCUT2D eigenvalue weighted by atomic mass is 32.2. The van der Waals surface area contributed by atoms with Crippen molar-refractivity contribution < 1.29 is 14.0 Å². The van der Waals surface area contributed by atoms with Crippen molar-refractivity contribution in [3.63, 3.8) is 0 Å². The van der Waals surface area contributed by atoms with Gasteiger partial charge in [-0.1, -0.05) is 6.07 Å². The highest BCUT2D eigenvalue weighted by Crippen LogP contribution is 2.43. The van der Waals surface area contributed by atoms with Crippen molar-refractivity contribution in [2.24, 2.45) is 0 Å². The van der Waals surface area contributed by atoms with Crippen LogP contribution in [0.15, 0.2) is 36.4 Å². The third kappa shape index (κ3) is 2.31. The van der Waals surface area contributed by atoms with Gasteiger partial charge in [0.25, 0.3) is 0 Å². The fourth-order valence-corrected chi connectivity index (χ4v) is 3.50. The van der Waals surface area contributed by atoms with Crippen molar-refractivity contribution in [1.82, 2.24) is 0 Å². The van der Waals surface area contributed by atoms with Crippen molar-refractivity contribution in [1.29, 1.82) is 0 Å². The Morgan fingerprint density at radius 2 is 1.86 bits per heavy atom. The van der Waals surface area contributed by atoms with Crippen LogP contribution in [-0.2, 0) is 4.79 Å². The molecule has 3 nitrogen and oxygen atoms in total. The standard InChI is InChI=1S/C17H14FNO2S/c1-9-3-8-12(14-13(9)16(22-2)17(21)19-14)15(20)10-4-6-11(18)7-5-10/h3-8,16H,1-2H3,(H,19,21). The zero-order chi connectivity index (χ0) is 15.9. The van der Waals surface area contributed by atoms with Gasteiger partial charge in [0.1, 0.15) is 11.1 Å². The Bertz CT molecular complexity index is 771. The fraction of sp³-hybridized carbons (Fsp3) is 0.176. The molecule has 5 heteroatoms. The second-order valence-electron chi connectivity index (χ2n) is 5.16. The van der Waals surface area contributed by atoms with Crippen molar-refractivity contribution in [2.45, 2.75) is 12.2 Å². The van der Waals surface area contributed by atoms with E-state index in [4.69, 9.17) is 0 Å². The summed E-state index contributed by atoms with van der Waals surface area (Å²) in [5, 5.41) is 2.52. The van der Waals surface area contributed by atoms with E-state index in [0.717, 1.165) is 11.1 Å². The zero-order valence-electron chi connectivity index (χ0n) is 12.1. The molecule has 1 atom stereocenters. The van der Waals surface area contributed by atoms with Gasteiger partial charge in [0.15, 0.2) is 5.78 Å². The van der Waals surface area contributed by atoms with Gasteiger partial charge in [0.05, 0.1) is 5.69 Å². The monoisotopic (exact) mass is 315 g/mol. The molecule has 0 fully saturated rings. The lowest BCUT2D eigenvalue weighted by Gasteiger charge is -2.11. The number of ketones is 1. The van der Waals surface area contributed by atoms with Gasteiger partial charge in [-0.3, -0.25) is 9.59 Å². The normalized spacial score (nSPS) is 16.3. The molecule has 112 valence electrons. The molecule has 1 unspecified atom stereocenters. The number of halogens is 1. The number of anilines is 1. The number of carbonyl (C=O) groups is 2. The number of fused-ring (bicyclic) bond motifs is 1. The lowest BCUT2D eigenvalue weighted by Crippen LogP contribution is -2.10. The zero-order valence-corrected chi connectivity index (χ0v) is 13.0. The lowest BCUT2D eigenvalue weighted by molar-refractivity contribution is -0.115. The predicted molar refractivity (Wildman–Crippen MR) is 85.9 cm³/mol. The minimum atomic E-state index is -0.388. The molecule has 0 aliphatic carbocycles. The van der Waals surface area contributed by atoms with Gasteiger partial charge in [0.2, 0.25) is 5.91 Å². The number of rotatable bonds is 3. The first-order valence-electron chi connectivity index (χ1n) is 6.80. The Balaban J connectivity index is 2.10. The number of hydrogen-bond donors (Lipinski definition) is 1. The summed E-state index contributed by atoms with van der Waals surface area (Å²) in [7, 11) is 0. The smallest absolute Gasteiger partial charge is 0.242 e. The van der Waals surface area contributed by atoms with E-state index in [0.29, 0.717) is 16.8 Å². The van der Waals surface area contributed by atoms with Gasteiger partial charge in [-0.15, -0.1) is 11.8 Å². The topological polar surface area (TPSA) is 46.2 Å². The first-order chi connectivity index (χ1) is 10.5. The van der Waals surface area contributed by atoms with E-state index in [2.05, 4.69) is 5.32 Å². The molecule has 3 rings (SSSR count). The third-order valence-electron chi connectivity index (χ3n) is 3.80. The Morgan fingerprint density at radius 3 is 2.50 bits per heavy atom. The van der Waals surface area contributed by atoms with Gasteiger partial charge >= 0.3 is 0 Å². The summed E-state index contributed by atoms with van der Waals surface area (Å²) in [4.78, 5) is 24.7. The summed E-state index contributed by atoms with van der Waals surface area (Å²) in [6, 6.07) is 8.97. The minimum Gasteiger partial charge on any atom is -0.324 e. The highest BCUT2D eigenvalue weighted by molar-refractivity contribution is 7.99. The SMILES string of the molecule is CSC1C(=O)Nc2c(C(=O)c3ccc(F)cc3)ccc(C)c21. The van der Waals surface area contributed by atoms with Gasteiger partial charge in [-0.25, -0.2) is 4.39 Å². The Morgan fingerprint density at radius 1 is 1.18 bits per heavy atom. The van der Waals surface area contributed by atoms with E-state index in [-0.39, 0.29) is 22.8 Å². The maximum absolute atomic E-state index is 13.0. The van der Waals surface area contributed by atoms with Crippen LogP contribution >= 0.6 is 11.8 Å². The summed E-state index contributed by atoms with van der Waals surface area (Å²) in [5.74, 6) is -0.718. The van der Waals surface area contributed by atoms with Crippen LogP contribution in [-0.4, -0.2) is 17.9 Å². The number of nitrogens with one attached hydrogen (secondary N) is 1. The van der Waals surface area contributed by atoms with Gasteiger partial charge in [0, 0.05) is 16.7 Å². The quantitative estimate of drug-likeness (QED) is 0.878. The summed E-state index contributed by atoms with van der Waals surface area (Å²) < 4.78 is 13.0. The van der Waals surface area contributed by atoms with Crippen LogP contribution in [0, 0.1) is 12.7 Å². The summed E-state index contributed by atoms with van der Waals surface area (Å²) in [6.45, 7) is 1.93. The number of thioether (sulfide) groups is 1. The van der Waals surface area contributed by atoms with Crippen LogP contribution < -0.4 is 5.32 Å². The molecule has 0 radical (unpaired) electrons. The first-order valence-corrected chi connectivity index (χ1v) is 8.09. The molecule has 22 heavy (non-hydrogen) atoms. The molecule has 0 saturated carbocycles. The minimum absolute atomic E-state index is 0.107. The molecule has 0 bridgehead atoms. The Labute approximate surface area is 131 Å². The second-order valence-corrected chi connectivity index (χ2v) is 6.10. The maximum Gasteiger partial charge on any atom is 0.242 e. The van der Waals surface area contributed by atoms with Gasteiger partial charge in [-0.2, -0.15) is 0 Å². The molecular formula is C17H14FNO2S. The summed E-state index contributed by atoms with van der Waals surface area (Å²) >= 11 is 1.44. The lowest BCUT2D eigenvalue weighted by atomic mass is 9.96.